The normalized spacial score (nSPS) is 17.0. The van der Waals surface area contributed by atoms with Gasteiger partial charge in [0, 0.05) is 17.6 Å². The molecule has 1 aliphatic heterocycles. The molecule has 1 aromatic rings. The molecule has 0 spiro atoms. The first-order valence-corrected chi connectivity index (χ1v) is 9.16. The van der Waals surface area contributed by atoms with Gasteiger partial charge in [0.2, 0.25) is 15.9 Å². The lowest BCUT2D eigenvalue weighted by Crippen LogP contribution is -2.45. The van der Waals surface area contributed by atoms with Crippen LogP contribution in [0.4, 0.5) is 0 Å². The molecule has 116 valence electrons. The Morgan fingerprint density at radius 3 is 2.52 bits per heavy atom. The molecule has 21 heavy (non-hydrogen) atoms. The highest BCUT2D eigenvalue weighted by atomic mass is 79.9. The molecule has 1 aliphatic rings. The summed E-state index contributed by atoms with van der Waals surface area (Å²) in [5.74, 6) is -0.162. The van der Waals surface area contributed by atoms with Gasteiger partial charge < -0.3 is 4.90 Å². The zero-order valence-electron chi connectivity index (χ0n) is 12.1. The molecule has 1 saturated heterocycles. The summed E-state index contributed by atoms with van der Waals surface area (Å²) in [5, 5.41) is 0. The number of carbonyl (C=O) groups excluding carboxylic acids is 1. The van der Waals surface area contributed by atoms with Gasteiger partial charge >= 0.3 is 0 Å². The van der Waals surface area contributed by atoms with Gasteiger partial charge in [-0.15, -0.1) is 0 Å². The van der Waals surface area contributed by atoms with Gasteiger partial charge in [0.1, 0.15) is 0 Å². The number of rotatable bonds is 4. The summed E-state index contributed by atoms with van der Waals surface area (Å²) in [6.07, 6.45) is 1.97. The van der Waals surface area contributed by atoms with Gasteiger partial charge in [-0.2, -0.15) is 4.72 Å². The van der Waals surface area contributed by atoms with Gasteiger partial charge in [-0.25, -0.2) is 8.42 Å². The predicted octanol–water partition coefficient (Wildman–Crippen LogP) is 2.05. The van der Waals surface area contributed by atoms with Crippen molar-refractivity contribution in [1.82, 2.24) is 9.62 Å². The van der Waals surface area contributed by atoms with Crippen molar-refractivity contribution in [3.05, 3.63) is 28.2 Å². The predicted molar refractivity (Wildman–Crippen MR) is 84.5 cm³/mol. The molecule has 1 N–H and O–H groups in total. The summed E-state index contributed by atoms with van der Waals surface area (Å²) in [6, 6.07) is 4.04. The highest BCUT2D eigenvalue weighted by Gasteiger charge is 2.27. The van der Waals surface area contributed by atoms with Crippen LogP contribution in [0, 0.1) is 6.92 Å². The minimum Gasteiger partial charge on any atom is -0.341 e. The zero-order chi connectivity index (χ0) is 15.6. The van der Waals surface area contributed by atoms with Crippen molar-refractivity contribution in [2.75, 3.05) is 13.1 Å². The molecular formula is C14H19BrN2O3S. The Bertz CT molecular complexity index is 640. The fourth-order valence-electron chi connectivity index (χ4n) is 2.35. The molecule has 1 fully saturated rings. The van der Waals surface area contributed by atoms with Crippen molar-refractivity contribution < 1.29 is 13.2 Å². The monoisotopic (exact) mass is 374 g/mol. The number of hydrogen-bond acceptors (Lipinski definition) is 3. The average molecular weight is 375 g/mol. The fourth-order valence-corrected chi connectivity index (χ4v) is 3.87. The molecule has 1 amide bonds. The fraction of sp³-hybridized carbons (Fsp3) is 0.500. The van der Waals surface area contributed by atoms with Crippen LogP contribution in [0.3, 0.4) is 0 Å². The number of benzene rings is 1. The van der Waals surface area contributed by atoms with E-state index in [2.05, 4.69) is 20.7 Å². The molecule has 5 nitrogen and oxygen atoms in total. The van der Waals surface area contributed by atoms with E-state index in [4.69, 9.17) is 0 Å². The molecule has 1 heterocycles. The maximum Gasteiger partial charge on any atom is 0.241 e. The van der Waals surface area contributed by atoms with Crippen LogP contribution in [0.5, 0.6) is 0 Å². The number of amides is 1. The summed E-state index contributed by atoms with van der Waals surface area (Å²) in [4.78, 5) is 14.0. The van der Waals surface area contributed by atoms with Gasteiger partial charge in [0.25, 0.3) is 0 Å². The molecular weight excluding hydrogens is 356 g/mol. The number of sulfonamides is 1. The van der Waals surface area contributed by atoms with E-state index in [0.717, 1.165) is 22.9 Å². The molecule has 1 aromatic carbocycles. The number of halogens is 1. The second-order valence-corrected chi connectivity index (χ2v) is 7.85. The maximum atomic E-state index is 12.3. The standard InChI is InChI=1S/C14H19BrN2O3S/c1-10-9-12(5-6-13(10)15)21(19,20)16-11(2)14(18)17-7-3-4-8-17/h5-6,9,11,16H,3-4,7-8H2,1-2H3. The molecule has 2 rings (SSSR count). The van der Waals surface area contributed by atoms with E-state index >= 15 is 0 Å². The van der Waals surface area contributed by atoms with Crippen LogP contribution in [0.2, 0.25) is 0 Å². The molecule has 0 saturated carbocycles. The average Bonchev–Trinajstić information content (AvgIpc) is 2.94. The number of hydrogen-bond donors (Lipinski definition) is 1. The van der Waals surface area contributed by atoms with Crippen LogP contribution in [0.1, 0.15) is 25.3 Å². The minimum atomic E-state index is -3.69. The van der Waals surface area contributed by atoms with Crippen LogP contribution in [0.15, 0.2) is 27.6 Å². The summed E-state index contributed by atoms with van der Waals surface area (Å²) in [6.45, 7) is 4.83. The first kappa shape index (κ1) is 16.5. The van der Waals surface area contributed by atoms with Crippen LogP contribution in [0.25, 0.3) is 0 Å². The first-order chi connectivity index (χ1) is 9.81. The first-order valence-electron chi connectivity index (χ1n) is 6.88. The lowest BCUT2D eigenvalue weighted by Gasteiger charge is -2.21. The number of carbonyl (C=O) groups is 1. The van der Waals surface area contributed by atoms with Crippen molar-refractivity contribution in [1.29, 1.82) is 0 Å². The van der Waals surface area contributed by atoms with E-state index in [1.165, 1.54) is 6.07 Å². The third kappa shape index (κ3) is 3.84. The van der Waals surface area contributed by atoms with Crippen molar-refractivity contribution in [3.8, 4) is 0 Å². The number of aryl methyl sites for hydroxylation is 1. The van der Waals surface area contributed by atoms with Gasteiger partial charge in [-0.3, -0.25) is 4.79 Å². The van der Waals surface area contributed by atoms with Crippen molar-refractivity contribution in [2.45, 2.75) is 37.6 Å². The summed E-state index contributed by atoms with van der Waals surface area (Å²) >= 11 is 3.34. The topological polar surface area (TPSA) is 66.5 Å². The molecule has 0 aromatic heterocycles. The van der Waals surface area contributed by atoms with E-state index in [9.17, 15) is 13.2 Å². The zero-order valence-corrected chi connectivity index (χ0v) is 14.5. The van der Waals surface area contributed by atoms with E-state index in [0.29, 0.717) is 13.1 Å². The Labute approximate surface area is 133 Å². The Morgan fingerprint density at radius 1 is 1.33 bits per heavy atom. The Morgan fingerprint density at radius 2 is 1.95 bits per heavy atom. The Balaban J connectivity index is 2.12. The van der Waals surface area contributed by atoms with Crippen LogP contribution >= 0.6 is 15.9 Å². The number of nitrogens with one attached hydrogen (secondary N) is 1. The lowest BCUT2D eigenvalue weighted by molar-refractivity contribution is -0.131. The largest absolute Gasteiger partial charge is 0.341 e. The second kappa shape index (κ2) is 6.46. The van der Waals surface area contributed by atoms with E-state index < -0.39 is 16.1 Å². The number of likely N-dealkylation sites (tertiary alicyclic amines) is 1. The van der Waals surface area contributed by atoms with Gasteiger partial charge in [0.15, 0.2) is 0 Å². The Kier molecular flexibility index (Phi) is 5.06. The molecule has 1 atom stereocenters. The highest BCUT2D eigenvalue weighted by molar-refractivity contribution is 9.10. The minimum absolute atomic E-state index is 0.162. The quantitative estimate of drug-likeness (QED) is 0.876. The van der Waals surface area contributed by atoms with Gasteiger partial charge in [-0.1, -0.05) is 15.9 Å². The summed E-state index contributed by atoms with van der Waals surface area (Å²) in [7, 11) is -3.69. The van der Waals surface area contributed by atoms with Crippen molar-refractivity contribution in [3.63, 3.8) is 0 Å². The number of nitrogens with zero attached hydrogens (tertiary/aromatic N) is 1. The van der Waals surface area contributed by atoms with Crippen molar-refractivity contribution in [2.24, 2.45) is 0 Å². The van der Waals surface area contributed by atoms with E-state index in [-0.39, 0.29) is 10.8 Å². The SMILES string of the molecule is Cc1cc(S(=O)(=O)NC(C)C(=O)N2CCCC2)ccc1Br. The van der Waals surface area contributed by atoms with Crippen LogP contribution in [-0.2, 0) is 14.8 Å². The maximum absolute atomic E-state index is 12.3. The molecule has 0 radical (unpaired) electrons. The summed E-state index contributed by atoms with van der Waals surface area (Å²) in [5.41, 5.74) is 0.830. The van der Waals surface area contributed by atoms with Crippen LogP contribution in [-0.4, -0.2) is 38.4 Å². The summed E-state index contributed by atoms with van der Waals surface area (Å²) < 4.78 is 28.0. The van der Waals surface area contributed by atoms with Crippen molar-refractivity contribution >= 4 is 31.9 Å². The molecule has 7 heteroatoms. The lowest BCUT2D eigenvalue weighted by atomic mass is 10.2. The van der Waals surface area contributed by atoms with Gasteiger partial charge in [-0.05, 0) is 50.5 Å². The highest BCUT2D eigenvalue weighted by Crippen LogP contribution is 2.20. The Hall–Kier alpha value is -0.920. The third-order valence-electron chi connectivity index (χ3n) is 3.56. The van der Waals surface area contributed by atoms with Crippen LogP contribution < -0.4 is 4.72 Å². The van der Waals surface area contributed by atoms with E-state index in [1.54, 1.807) is 24.0 Å². The molecule has 0 bridgehead atoms. The molecule has 0 aliphatic carbocycles. The van der Waals surface area contributed by atoms with E-state index in [1.807, 2.05) is 6.92 Å². The third-order valence-corrected chi connectivity index (χ3v) is 5.99. The van der Waals surface area contributed by atoms with Gasteiger partial charge in [0.05, 0.1) is 10.9 Å². The molecule has 1 unspecified atom stereocenters. The smallest absolute Gasteiger partial charge is 0.241 e. The second-order valence-electron chi connectivity index (χ2n) is 5.29.